The number of carbonyl (C=O) groups is 3. The van der Waals surface area contributed by atoms with Gasteiger partial charge in [-0.2, -0.15) is 0 Å². The Labute approximate surface area is 385 Å². The SMILES string of the molecule is CCCCC/C=C\C/C=C\CCCCCCCC(=O)OC(COC(=O)CCCCCCCC)COC(=O)CCCCCCCCCCCCCCCCCCCCCCCCC. The van der Waals surface area contributed by atoms with Gasteiger partial charge in [-0.1, -0.05) is 251 Å². The molecule has 364 valence electrons. The largest absolute Gasteiger partial charge is 0.462 e. The second-order valence-corrected chi connectivity index (χ2v) is 18.5. The molecule has 1 unspecified atom stereocenters. The van der Waals surface area contributed by atoms with Gasteiger partial charge in [0.1, 0.15) is 13.2 Å². The molecule has 0 heterocycles. The Hall–Kier alpha value is -2.11. The van der Waals surface area contributed by atoms with Crippen molar-refractivity contribution in [1.82, 2.24) is 0 Å². The molecule has 0 aliphatic rings. The van der Waals surface area contributed by atoms with E-state index in [1.165, 1.54) is 180 Å². The Kier molecular flexibility index (Phi) is 49.8. The summed E-state index contributed by atoms with van der Waals surface area (Å²) in [4.78, 5) is 37.8. The van der Waals surface area contributed by atoms with Crippen molar-refractivity contribution in [3.63, 3.8) is 0 Å². The molecule has 0 amide bonds. The average Bonchev–Trinajstić information content (AvgIpc) is 3.27. The van der Waals surface area contributed by atoms with Crippen molar-refractivity contribution in [3.8, 4) is 0 Å². The van der Waals surface area contributed by atoms with E-state index in [2.05, 4.69) is 45.1 Å². The molecule has 1 atom stereocenters. The first-order valence-electron chi connectivity index (χ1n) is 27.3. The molecule has 6 nitrogen and oxygen atoms in total. The number of rotatable bonds is 50. The Morgan fingerprint density at radius 2 is 0.581 bits per heavy atom. The topological polar surface area (TPSA) is 78.9 Å². The fourth-order valence-corrected chi connectivity index (χ4v) is 8.06. The summed E-state index contributed by atoms with van der Waals surface area (Å²) in [6, 6.07) is 0. The van der Waals surface area contributed by atoms with Gasteiger partial charge in [0.15, 0.2) is 6.10 Å². The van der Waals surface area contributed by atoms with Crippen molar-refractivity contribution >= 4 is 17.9 Å². The van der Waals surface area contributed by atoms with E-state index in [4.69, 9.17) is 14.2 Å². The van der Waals surface area contributed by atoms with Crippen molar-refractivity contribution < 1.29 is 28.6 Å². The van der Waals surface area contributed by atoms with Crippen molar-refractivity contribution in [2.24, 2.45) is 0 Å². The molecule has 0 aromatic carbocycles. The summed E-state index contributed by atoms with van der Waals surface area (Å²) in [7, 11) is 0. The molecule has 0 aromatic rings. The highest BCUT2D eigenvalue weighted by Gasteiger charge is 2.19. The van der Waals surface area contributed by atoms with Crippen LogP contribution in [0.3, 0.4) is 0 Å². The predicted molar refractivity (Wildman–Crippen MR) is 266 cm³/mol. The Morgan fingerprint density at radius 3 is 0.919 bits per heavy atom. The number of hydrogen-bond donors (Lipinski definition) is 0. The number of unbranched alkanes of at least 4 members (excludes halogenated alkanes) is 35. The molecule has 0 fully saturated rings. The number of ether oxygens (including phenoxy) is 3. The molecule has 62 heavy (non-hydrogen) atoms. The van der Waals surface area contributed by atoms with E-state index in [1.807, 2.05) is 0 Å². The molecule has 0 saturated heterocycles. The van der Waals surface area contributed by atoms with Crippen molar-refractivity contribution in [2.75, 3.05) is 13.2 Å². The van der Waals surface area contributed by atoms with Gasteiger partial charge < -0.3 is 14.2 Å². The number of hydrogen-bond acceptors (Lipinski definition) is 6. The number of esters is 3. The van der Waals surface area contributed by atoms with Gasteiger partial charge in [0.25, 0.3) is 0 Å². The fraction of sp³-hybridized carbons (Fsp3) is 0.875. The van der Waals surface area contributed by atoms with Crippen LogP contribution in [0.4, 0.5) is 0 Å². The van der Waals surface area contributed by atoms with E-state index in [-0.39, 0.29) is 31.1 Å². The van der Waals surface area contributed by atoms with E-state index in [1.54, 1.807) is 0 Å². The summed E-state index contributed by atoms with van der Waals surface area (Å²) in [5, 5.41) is 0. The molecule has 0 aliphatic carbocycles. The molecule has 0 bridgehead atoms. The summed E-state index contributed by atoms with van der Waals surface area (Å²) in [5.74, 6) is -0.883. The van der Waals surface area contributed by atoms with Gasteiger partial charge in [0.05, 0.1) is 0 Å². The Bertz CT molecular complexity index is 1000. The van der Waals surface area contributed by atoms with E-state index in [0.29, 0.717) is 19.3 Å². The van der Waals surface area contributed by atoms with Crippen molar-refractivity contribution in [3.05, 3.63) is 24.3 Å². The lowest BCUT2D eigenvalue weighted by molar-refractivity contribution is -0.167. The maximum absolute atomic E-state index is 12.7. The minimum atomic E-state index is -0.771. The van der Waals surface area contributed by atoms with E-state index in [9.17, 15) is 14.4 Å². The molecular formula is C56H104O6. The lowest BCUT2D eigenvalue weighted by atomic mass is 10.0. The first-order valence-corrected chi connectivity index (χ1v) is 27.3. The third-order valence-corrected chi connectivity index (χ3v) is 12.2. The Balaban J connectivity index is 4.10. The van der Waals surface area contributed by atoms with Crippen LogP contribution in [0.1, 0.15) is 297 Å². The zero-order valence-corrected chi connectivity index (χ0v) is 41.7. The van der Waals surface area contributed by atoms with Crippen LogP contribution in [0.5, 0.6) is 0 Å². The lowest BCUT2D eigenvalue weighted by Crippen LogP contribution is -2.30. The average molecular weight is 873 g/mol. The molecule has 0 saturated carbocycles. The fourth-order valence-electron chi connectivity index (χ4n) is 8.06. The quantitative estimate of drug-likeness (QED) is 0.0262. The highest BCUT2D eigenvalue weighted by Crippen LogP contribution is 2.17. The molecule has 0 aromatic heterocycles. The zero-order chi connectivity index (χ0) is 45.1. The minimum absolute atomic E-state index is 0.0730. The van der Waals surface area contributed by atoms with Crippen molar-refractivity contribution in [1.29, 1.82) is 0 Å². The van der Waals surface area contributed by atoms with Gasteiger partial charge in [-0.25, -0.2) is 0 Å². The smallest absolute Gasteiger partial charge is 0.306 e. The van der Waals surface area contributed by atoms with Crippen LogP contribution in [0, 0.1) is 0 Å². The molecular weight excluding hydrogens is 769 g/mol. The highest BCUT2D eigenvalue weighted by molar-refractivity contribution is 5.71. The van der Waals surface area contributed by atoms with Crippen LogP contribution in [-0.4, -0.2) is 37.2 Å². The monoisotopic (exact) mass is 873 g/mol. The van der Waals surface area contributed by atoms with E-state index < -0.39 is 6.10 Å². The van der Waals surface area contributed by atoms with Gasteiger partial charge in [0.2, 0.25) is 0 Å². The van der Waals surface area contributed by atoms with E-state index >= 15 is 0 Å². The summed E-state index contributed by atoms with van der Waals surface area (Å²) in [6.07, 6.45) is 59.2. The minimum Gasteiger partial charge on any atom is -0.462 e. The first kappa shape index (κ1) is 59.9. The van der Waals surface area contributed by atoms with Gasteiger partial charge in [0, 0.05) is 19.3 Å². The second kappa shape index (κ2) is 51.5. The standard InChI is InChI=1S/C56H104O6/c1-4-7-10-13-16-18-20-22-24-25-26-27-28-29-30-31-33-34-36-38-40-43-46-49-55(58)61-52-53(51-60-54(57)48-45-42-15-12-9-6-3)62-56(59)50-47-44-41-39-37-35-32-23-21-19-17-14-11-8-5-2/h17,19,23,32,53H,4-16,18,20-22,24-31,33-52H2,1-3H3/b19-17-,32-23-. The summed E-state index contributed by atoms with van der Waals surface area (Å²) >= 11 is 0. The van der Waals surface area contributed by atoms with Crippen molar-refractivity contribution in [2.45, 2.75) is 303 Å². The molecule has 0 spiro atoms. The highest BCUT2D eigenvalue weighted by atomic mass is 16.6. The lowest BCUT2D eigenvalue weighted by Gasteiger charge is -2.18. The molecule has 0 rings (SSSR count). The van der Waals surface area contributed by atoms with Crippen LogP contribution >= 0.6 is 0 Å². The zero-order valence-electron chi connectivity index (χ0n) is 41.7. The van der Waals surface area contributed by atoms with Crippen LogP contribution in [-0.2, 0) is 28.6 Å². The van der Waals surface area contributed by atoms with Gasteiger partial charge in [-0.05, 0) is 51.4 Å². The summed E-state index contributed by atoms with van der Waals surface area (Å²) in [5.41, 5.74) is 0. The molecule has 6 heteroatoms. The van der Waals surface area contributed by atoms with Gasteiger partial charge >= 0.3 is 17.9 Å². The molecule has 0 aliphatic heterocycles. The number of carbonyl (C=O) groups excluding carboxylic acids is 3. The first-order chi connectivity index (χ1) is 30.5. The van der Waals surface area contributed by atoms with Crippen LogP contribution in [0.15, 0.2) is 24.3 Å². The number of allylic oxidation sites excluding steroid dienone is 4. The maximum Gasteiger partial charge on any atom is 0.306 e. The van der Waals surface area contributed by atoms with Gasteiger partial charge in [-0.3, -0.25) is 14.4 Å². The third kappa shape index (κ3) is 48.9. The summed E-state index contributed by atoms with van der Waals surface area (Å²) in [6.45, 7) is 6.58. The van der Waals surface area contributed by atoms with E-state index in [0.717, 1.165) is 77.0 Å². The predicted octanol–water partition coefficient (Wildman–Crippen LogP) is 17.9. The van der Waals surface area contributed by atoms with Crippen LogP contribution < -0.4 is 0 Å². The molecule has 0 radical (unpaired) electrons. The summed E-state index contributed by atoms with van der Waals surface area (Å²) < 4.78 is 16.7. The van der Waals surface area contributed by atoms with Gasteiger partial charge in [-0.15, -0.1) is 0 Å². The normalized spacial score (nSPS) is 12.1. The molecule has 0 N–H and O–H groups in total. The van der Waals surface area contributed by atoms with Crippen LogP contribution in [0.2, 0.25) is 0 Å². The Morgan fingerprint density at radius 1 is 0.323 bits per heavy atom. The van der Waals surface area contributed by atoms with Crippen LogP contribution in [0.25, 0.3) is 0 Å². The third-order valence-electron chi connectivity index (χ3n) is 12.2. The maximum atomic E-state index is 12.7. The second-order valence-electron chi connectivity index (χ2n) is 18.5.